The SMILES string of the molecule is CCCCCCCCOC(=O)O[C@H](C(=O)c1ccccc1)c1ccccc1. The van der Waals surface area contributed by atoms with Crippen molar-refractivity contribution in [2.45, 2.75) is 51.6 Å². The lowest BCUT2D eigenvalue weighted by atomic mass is 10.00. The van der Waals surface area contributed by atoms with Crippen molar-refractivity contribution < 1.29 is 19.1 Å². The molecule has 2 rings (SSSR count). The molecule has 0 N–H and O–H groups in total. The molecular formula is C23H28O4. The highest BCUT2D eigenvalue weighted by Crippen LogP contribution is 2.23. The molecule has 0 aliphatic rings. The van der Waals surface area contributed by atoms with Gasteiger partial charge in [-0.25, -0.2) is 4.79 Å². The standard InChI is InChI=1S/C23H28O4/c1-2-3-4-5-6-13-18-26-23(25)27-22(20-16-11-8-12-17-20)21(24)19-14-9-7-10-15-19/h7-12,14-17,22H,2-6,13,18H2,1H3/t22-/m0/s1. The van der Waals surface area contributed by atoms with Crippen LogP contribution in [-0.2, 0) is 9.47 Å². The van der Waals surface area contributed by atoms with Crippen LogP contribution in [0.1, 0.15) is 67.5 Å². The second kappa shape index (κ2) is 11.9. The number of benzene rings is 2. The molecule has 0 aliphatic heterocycles. The monoisotopic (exact) mass is 368 g/mol. The smallest absolute Gasteiger partial charge is 0.434 e. The Hall–Kier alpha value is -2.62. The Morgan fingerprint density at radius 1 is 0.815 bits per heavy atom. The molecule has 0 fully saturated rings. The first-order valence-corrected chi connectivity index (χ1v) is 9.70. The normalized spacial score (nSPS) is 11.6. The van der Waals surface area contributed by atoms with E-state index in [0.717, 1.165) is 19.3 Å². The van der Waals surface area contributed by atoms with Gasteiger partial charge < -0.3 is 9.47 Å². The maximum Gasteiger partial charge on any atom is 0.509 e. The molecule has 0 saturated heterocycles. The fourth-order valence-corrected chi connectivity index (χ4v) is 2.82. The van der Waals surface area contributed by atoms with E-state index >= 15 is 0 Å². The van der Waals surface area contributed by atoms with Crippen LogP contribution in [0.3, 0.4) is 0 Å². The fraction of sp³-hybridized carbons (Fsp3) is 0.391. The Bertz CT molecular complexity index is 682. The lowest BCUT2D eigenvalue weighted by Gasteiger charge is -2.17. The third-order valence-electron chi connectivity index (χ3n) is 4.33. The minimum atomic E-state index is -1.01. The number of ether oxygens (including phenoxy) is 2. The van der Waals surface area contributed by atoms with Gasteiger partial charge in [-0.2, -0.15) is 0 Å². The molecule has 4 heteroatoms. The Balaban J connectivity index is 1.91. The third-order valence-corrected chi connectivity index (χ3v) is 4.33. The van der Waals surface area contributed by atoms with Crippen LogP contribution in [0.2, 0.25) is 0 Å². The van der Waals surface area contributed by atoms with Gasteiger partial charge in [0, 0.05) is 11.1 Å². The number of carbonyl (C=O) groups excluding carboxylic acids is 2. The summed E-state index contributed by atoms with van der Waals surface area (Å²) >= 11 is 0. The van der Waals surface area contributed by atoms with Crippen LogP contribution < -0.4 is 0 Å². The van der Waals surface area contributed by atoms with Crippen molar-refractivity contribution in [3.63, 3.8) is 0 Å². The maximum atomic E-state index is 12.8. The van der Waals surface area contributed by atoms with Gasteiger partial charge in [0.2, 0.25) is 5.78 Å². The van der Waals surface area contributed by atoms with Crippen LogP contribution in [0.15, 0.2) is 60.7 Å². The van der Waals surface area contributed by atoms with E-state index in [1.54, 1.807) is 36.4 Å². The van der Waals surface area contributed by atoms with E-state index in [4.69, 9.17) is 9.47 Å². The largest absolute Gasteiger partial charge is 0.509 e. The Morgan fingerprint density at radius 2 is 1.41 bits per heavy atom. The predicted molar refractivity (Wildman–Crippen MR) is 106 cm³/mol. The van der Waals surface area contributed by atoms with Crippen molar-refractivity contribution in [3.05, 3.63) is 71.8 Å². The summed E-state index contributed by atoms with van der Waals surface area (Å²) in [5.74, 6) is -0.265. The molecule has 2 aromatic rings. The van der Waals surface area contributed by atoms with E-state index < -0.39 is 12.3 Å². The van der Waals surface area contributed by atoms with Gasteiger partial charge in [-0.3, -0.25) is 4.79 Å². The molecule has 144 valence electrons. The molecule has 27 heavy (non-hydrogen) atoms. The zero-order valence-corrected chi connectivity index (χ0v) is 15.9. The van der Waals surface area contributed by atoms with Crippen LogP contribution in [0.5, 0.6) is 0 Å². The zero-order chi connectivity index (χ0) is 19.3. The summed E-state index contributed by atoms with van der Waals surface area (Å²) in [5, 5.41) is 0. The number of hydrogen-bond acceptors (Lipinski definition) is 4. The molecule has 1 atom stereocenters. The summed E-state index contributed by atoms with van der Waals surface area (Å²) in [6, 6.07) is 17.8. The molecule has 0 aromatic heterocycles. The highest BCUT2D eigenvalue weighted by Gasteiger charge is 2.26. The van der Waals surface area contributed by atoms with Gasteiger partial charge in [0.1, 0.15) is 0 Å². The quantitative estimate of drug-likeness (QED) is 0.272. The molecule has 0 saturated carbocycles. The molecule has 0 heterocycles. The van der Waals surface area contributed by atoms with Gasteiger partial charge in [0.25, 0.3) is 0 Å². The molecule has 2 aromatic carbocycles. The van der Waals surface area contributed by atoms with E-state index in [1.807, 2.05) is 24.3 Å². The number of rotatable bonds is 11. The molecule has 0 unspecified atom stereocenters. The van der Waals surface area contributed by atoms with Crippen molar-refractivity contribution in [3.8, 4) is 0 Å². The fourth-order valence-electron chi connectivity index (χ4n) is 2.82. The highest BCUT2D eigenvalue weighted by atomic mass is 16.7. The Labute approximate surface area is 161 Å². The van der Waals surface area contributed by atoms with E-state index in [2.05, 4.69) is 6.92 Å². The molecule has 0 bridgehead atoms. The molecule has 0 radical (unpaired) electrons. The zero-order valence-electron chi connectivity index (χ0n) is 15.9. The van der Waals surface area contributed by atoms with Crippen LogP contribution in [0.4, 0.5) is 4.79 Å². The number of unbranched alkanes of at least 4 members (excludes halogenated alkanes) is 5. The summed E-state index contributed by atoms with van der Waals surface area (Å²) in [6.45, 7) is 2.49. The Morgan fingerprint density at radius 3 is 2.07 bits per heavy atom. The lowest BCUT2D eigenvalue weighted by molar-refractivity contribution is 0.0215. The maximum absolute atomic E-state index is 12.8. The van der Waals surface area contributed by atoms with Gasteiger partial charge in [-0.15, -0.1) is 0 Å². The Kier molecular flexibility index (Phi) is 9.11. The minimum Gasteiger partial charge on any atom is -0.434 e. The topological polar surface area (TPSA) is 52.6 Å². The molecule has 4 nitrogen and oxygen atoms in total. The molecule has 0 aliphatic carbocycles. The van der Waals surface area contributed by atoms with Crippen molar-refractivity contribution in [2.75, 3.05) is 6.61 Å². The molecule has 0 spiro atoms. The third kappa shape index (κ3) is 7.26. The average molecular weight is 368 g/mol. The second-order valence-corrected chi connectivity index (χ2v) is 6.51. The van der Waals surface area contributed by atoms with Crippen molar-refractivity contribution in [2.24, 2.45) is 0 Å². The summed E-state index contributed by atoms with van der Waals surface area (Å²) in [7, 11) is 0. The van der Waals surface area contributed by atoms with Crippen LogP contribution in [0.25, 0.3) is 0 Å². The van der Waals surface area contributed by atoms with Crippen molar-refractivity contribution in [1.82, 2.24) is 0 Å². The van der Waals surface area contributed by atoms with Crippen LogP contribution >= 0.6 is 0 Å². The van der Waals surface area contributed by atoms with E-state index in [-0.39, 0.29) is 5.78 Å². The van der Waals surface area contributed by atoms with Crippen molar-refractivity contribution in [1.29, 1.82) is 0 Å². The van der Waals surface area contributed by atoms with E-state index in [1.165, 1.54) is 19.3 Å². The number of hydrogen-bond donors (Lipinski definition) is 0. The number of ketones is 1. The summed E-state index contributed by atoms with van der Waals surface area (Å²) in [4.78, 5) is 24.9. The first-order valence-electron chi connectivity index (χ1n) is 9.70. The molecular weight excluding hydrogens is 340 g/mol. The van der Waals surface area contributed by atoms with Gasteiger partial charge in [0.15, 0.2) is 6.10 Å². The van der Waals surface area contributed by atoms with E-state index in [0.29, 0.717) is 17.7 Å². The summed E-state index contributed by atoms with van der Waals surface area (Å²) < 4.78 is 10.6. The highest BCUT2D eigenvalue weighted by molar-refractivity contribution is 6.00. The lowest BCUT2D eigenvalue weighted by Crippen LogP contribution is -2.21. The van der Waals surface area contributed by atoms with Gasteiger partial charge >= 0.3 is 6.16 Å². The predicted octanol–water partition coefficient (Wildman–Crippen LogP) is 6.12. The average Bonchev–Trinajstić information content (AvgIpc) is 2.72. The van der Waals surface area contributed by atoms with Crippen molar-refractivity contribution >= 4 is 11.9 Å². The first kappa shape index (κ1) is 20.7. The summed E-state index contributed by atoms with van der Waals surface area (Å²) in [6.07, 6.45) is 4.82. The number of Topliss-reactive ketones (excluding diaryl/α,β-unsaturated/α-hetero) is 1. The molecule has 0 amide bonds. The van der Waals surface area contributed by atoms with E-state index in [9.17, 15) is 9.59 Å². The summed E-state index contributed by atoms with van der Waals surface area (Å²) in [5.41, 5.74) is 1.12. The first-order chi connectivity index (χ1) is 13.2. The van der Waals surface area contributed by atoms with Gasteiger partial charge in [-0.1, -0.05) is 99.7 Å². The minimum absolute atomic E-state index is 0.265. The van der Waals surface area contributed by atoms with Crippen LogP contribution in [0, 0.1) is 0 Å². The van der Waals surface area contributed by atoms with Gasteiger partial charge in [-0.05, 0) is 6.42 Å². The second-order valence-electron chi connectivity index (χ2n) is 6.51. The van der Waals surface area contributed by atoms with Crippen LogP contribution in [-0.4, -0.2) is 18.5 Å². The van der Waals surface area contributed by atoms with Gasteiger partial charge in [0.05, 0.1) is 6.61 Å². The number of carbonyl (C=O) groups is 2.